The van der Waals surface area contributed by atoms with Crippen molar-refractivity contribution >= 4 is 6.03 Å². The maximum Gasteiger partial charge on any atom is 0.317 e. The lowest BCUT2D eigenvalue weighted by molar-refractivity contribution is 0.161. The molecule has 2 aromatic rings. The van der Waals surface area contributed by atoms with Crippen molar-refractivity contribution in [2.24, 2.45) is 0 Å². The van der Waals surface area contributed by atoms with Gasteiger partial charge in [0.2, 0.25) is 0 Å². The number of ether oxygens (including phenoxy) is 1. The van der Waals surface area contributed by atoms with Gasteiger partial charge in [-0.2, -0.15) is 5.10 Å². The molecule has 7 nitrogen and oxygen atoms in total. The molecule has 2 amide bonds. The Balaban J connectivity index is 1.43. The number of urea groups is 1. The summed E-state index contributed by atoms with van der Waals surface area (Å²) in [5, 5.41) is 7.12. The van der Waals surface area contributed by atoms with Gasteiger partial charge in [0.1, 0.15) is 25.0 Å². The maximum absolute atomic E-state index is 12.3. The lowest BCUT2D eigenvalue weighted by Crippen LogP contribution is -2.46. The predicted molar refractivity (Wildman–Crippen MR) is 94.7 cm³/mol. The molecule has 1 saturated heterocycles. The van der Waals surface area contributed by atoms with E-state index in [9.17, 15) is 4.79 Å². The maximum atomic E-state index is 12.3. The Hall–Kier alpha value is -2.57. The van der Waals surface area contributed by atoms with E-state index in [4.69, 9.17) is 4.74 Å². The molecule has 3 rings (SSSR count). The van der Waals surface area contributed by atoms with E-state index >= 15 is 0 Å². The van der Waals surface area contributed by atoms with Gasteiger partial charge in [-0.1, -0.05) is 6.07 Å². The van der Waals surface area contributed by atoms with E-state index < -0.39 is 0 Å². The van der Waals surface area contributed by atoms with Crippen LogP contribution in [0.1, 0.15) is 30.0 Å². The first-order chi connectivity index (χ1) is 12.1. The van der Waals surface area contributed by atoms with Crippen LogP contribution in [-0.4, -0.2) is 51.9 Å². The summed E-state index contributed by atoms with van der Waals surface area (Å²) in [7, 11) is 0. The highest BCUT2D eigenvalue weighted by atomic mass is 16.5. The molecule has 0 saturated carbocycles. The number of piperidine rings is 1. The van der Waals surface area contributed by atoms with Crippen LogP contribution in [0.15, 0.2) is 30.9 Å². The van der Waals surface area contributed by atoms with Gasteiger partial charge in [-0.05, 0) is 49.9 Å². The summed E-state index contributed by atoms with van der Waals surface area (Å²) in [4.78, 5) is 18.2. The minimum Gasteiger partial charge on any atom is -0.492 e. The van der Waals surface area contributed by atoms with Gasteiger partial charge in [-0.15, -0.1) is 0 Å². The van der Waals surface area contributed by atoms with E-state index in [0.29, 0.717) is 19.7 Å². The molecule has 0 spiro atoms. The van der Waals surface area contributed by atoms with Crippen LogP contribution in [0.3, 0.4) is 0 Å². The monoisotopic (exact) mass is 343 g/mol. The smallest absolute Gasteiger partial charge is 0.317 e. The minimum absolute atomic E-state index is 0.0474. The number of carbonyl (C=O) groups is 1. The third-order valence-electron chi connectivity index (χ3n) is 4.34. The molecule has 1 N–H and O–H groups in total. The third-order valence-corrected chi connectivity index (χ3v) is 4.34. The fourth-order valence-corrected chi connectivity index (χ4v) is 3.22. The Kier molecular flexibility index (Phi) is 5.53. The SMILES string of the molecule is Cc1cc(C)cc(OCCNC(=O)N2CCC[C@H](n3cncn3)C2)c1. The van der Waals surface area contributed by atoms with E-state index in [-0.39, 0.29) is 12.1 Å². The molecule has 2 heterocycles. The summed E-state index contributed by atoms with van der Waals surface area (Å²) in [6.07, 6.45) is 5.23. The van der Waals surface area contributed by atoms with E-state index in [2.05, 4.69) is 21.5 Å². The molecule has 0 aliphatic carbocycles. The second kappa shape index (κ2) is 8.00. The van der Waals surface area contributed by atoms with Gasteiger partial charge >= 0.3 is 6.03 Å². The highest BCUT2D eigenvalue weighted by Gasteiger charge is 2.24. The van der Waals surface area contributed by atoms with Crippen molar-refractivity contribution in [2.45, 2.75) is 32.7 Å². The normalized spacial score (nSPS) is 17.4. The van der Waals surface area contributed by atoms with E-state index in [1.165, 1.54) is 17.5 Å². The molecule has 0 bridgehead atoms. The number of nitrogens with zero attached hydrogens (tertiary/aromatic N) is 4. The van der Waals surface area contributed by atoms with Crippen LogP contribution in [0.4, 0.5) is 4.79 Å². The Morgan fingerprint density at radius 1 is 1.32 bits per heavy atom. The first kappa shape index (κ1) is 17.3. The number of aryl methyl sites for hydroxylation is 2. The number of nitrogens with one attached hydrogen (secondary N) is 1. The second-order valence-electron chi connectivity index (χ2n) is 6.52. The summed E-state index contributed by atoms with van der Waals surface area (Å²) in [5.74, 6) is 0.843. The van der Waals surface area contributed by atoms with E-state index in [1.54, 1.807) is 6.33 Å². The molecule has 1 fully saturated rings. The van der Waals surface area contributed by atoms with Crippen LogP contribution in [0.5, 0.6) is 5.75 Å². The quantitative estimate of drug-likeness (QED) is 0.846. The first-order valence-electron chi connectivity index (χ1n) is 8.70. The molecule has 134 valence electrons. The van der Waals surface area contributed by atoms with Crippen molar-refractivity contribution in [3.05, 3.63) is 42.0 Å². The zero-order chi connectivity index (χ0) is 17.6. The fraction of sp³-hybridized carbons (Fsp3) is 0.500. The number of likely N-dealkylation sites (tertiary alicyclic amines) is 1. The fourth-order valence-electron chi connectivity index (χ4n) is 3.22. The van der Waals surface area contributed by atoms with Gasteiger partial charge in [0.25, 0.3) is 0 Å². The summed E-state index contributed by atoms with van der Waals surface area (Å²) in [6, 6.07) is 6.27. The first-order valence-corrected chi connectivity index (χ1v) is 8.70. The van der Waals surface area contributed by atoms with Crippen molar-refractivity contribution in [3.63, 3.8) is 0 Å². The van der Waals surface area contributed by atoms with Crippen molar-refractivity contribution in [1.29, 1.82) is 0 Å². The number of rotatable bonds is 5. The molecule has 0 unspecified atom stereocenters. The molecule has 7 heteroatoms. The van der Waals surface area contributed by atoms with Crippen molar-refractivity contribution in [1.82, 2.24) is 25.0 Å². The molecule has 25 heavy (non-hydrogen) atoms. The molecule has 0 radical (unpaired) electrons. The van der Waals surface area contributed by atoms with Gasteiger partial charge < -0.3 is 15.0 Å². The number of amides is 2. The average Bonchev–Trinajstić information content (AvgIpc) is 3.12. The van der Waals surface area contributed by atoms with Gasteiger partial charge in [0, 0.05) is 13.1 Å². The highest BCUT2D eigenvalue weighted by Crippen LogP contribution is 2.20. The predicted octanol–water partition coefficient (Wildman–Crippen LogP) is 2.32. The Morgan fingerprint density at radius 3 is 2.84 bits per heavy atom. The van der Waals surface area contributed by atoms with Crippen LogP contribution in [-0.2, 0) is 0 Å². The summed E-state index contributed by atoms with van der Waals surface area (Å²) < 4.78 is 7.57. The van der Waals surface area contributed by atoms with Crippen LogP contribution < -0.4 is 10.1 Å². The second-order valence-corrected chi connectivity index (χ2v) is 6.52. The van der Waals surface area contributed by atoms with Gasteiger partial charge in [0.05, 0.1) is 12.6 Å². The molecule has 1 aromatic heterocycles. The molecule has 1 aliphatic rings. The molecular weight excluding hydrogens is 318 g/mol. The van der Waals surface area contributed by atoms with E-state index in [1.807, 2.05) is 35.6 Å². The highest BCUT2D eigenvalue weighted by molar-refractivity contribution is 5.74. The molecule has 1 aliphatic heterocycles. The summed E-state index contributed by atoms with van der Waals surface area (Å²) in [6.45, 7) is 6.46. The number of hydrogen-bond donors (Lipinski definition) is 1. The van der Waals surface area contributed by atoms with Crippen LogP contribution in [0.2, 0.25) is 0 Å². The Morgan fingerprint density at radius 2 is 2.12 bits per heavy atom. The molecule has 1 aromatic carbocycles. The van der Waals surface area contributed by atoms with Gasteiger partial charge in [0.15, 0.2) is 0 Å². The average molecular weight is 343 g/mol. The number of benzene rings is 1. The minimum atomic E-state index is -0.0474. The largest absolute Gasteiger partial charge is 0.492 e. The van der Waals surface area contributed by atoms with Crippen molar-refractivity contribution in [3.8, 4) is 5.75 Å². The van der Waals surface area contributed by atoms with Crippen molar-refractivity contribution < 1.29 is 9.53 Å². The van der Waals surface area contributed by atoms with Gasteiger partial charge in [-0.25, -0.2) is 14.5 Å². The van der Waals surface area contributed by atoms with Gasteiger partial charge in [-0.3, -0.25) is 0 Å². The Bertz CT molecular complexity index is 681. The lowest BCUT2D eigenvalue weighted by Gasteiger charge is -2.32. The third kappa shape index (κ3) is 4.71. The number of hydrogen-bond acceptors (Lipinski definition) is 4. The number of aromatic nitrogens is 3. The van der Waals surface area contributed by atoms with Crippen molar-refractivity contribution in [2.75, 3.05) is 26.2 Å². The standard InChI is InChI=1S/C18H25N5O2/c1-14-8-15(2)10-17(9-14)25-7-5-20-18(24)22-6-3-4-16(11-22)23-13-19-12-21-23/h8-10,12-13,16H,3-7,11H2,1-2H3,(H,20,24)/t16-/m0/s1. The zero-order valence-electron chi connectivity index (χ0n) is 14.8. The van der Waals surface area contributed by atoms with Crippen LogP contribution in [0.25, 0.3) is 0 Å². The van der Waals surface area contributed by atoms with Crippen LogP contribution in [0, 0.1) is 13.8 Å². The summed E-state index contributed by atoms with van der Waals surface area (Å²) in [5.41, 5.74) is 2.35. The lowest BCUT2D eigenvalue weighted by atomic mass is 10.1. The molecular formula is C18H25N5O2. The van der Waals surface area contributed by atoms with Crippen LogP contribution >= 0.6 is 0 Å². The summed E-state index contributed by atoms with van der Waals surface area (Å²) >= 11 is 0. The topological polar surface area (TPSA) is 72.3 Å². The molecule has 1 atom stereocenters. The zero-order valence-corrected chi connectivity index (χ0v) is 14.8. The number of carbonyl (C=O) groups excluding carboxylic acids is 1. The van der Waals surface area contributed by atoms with E-state index in [0.717, 1.165) is 25.1 Å². The Labute approximate surface area is 148 Å².